The average Bonchev–Trinajstić information content (AvgIpc) is 2.86. The van der Waals surface area contributed by atoms with Gasteiger partial charge in [0.2, 0.25) is 5.88 Å². The van der Waals surface area contributed by atoms with Crippen LogP contribution in [0.15, 0.2) is 36.4 Å². The lowest BCUT2D eigenvalue weighted by Gasteiger charge is -2.11. The lowest BCUT2D eigenvalue weighted by molar-refractivity contribution is -0.143. The van der Waals surface area contributed by atoms with Gasteiger partial charge in [0, 0.05) is 13.1 Å². The van der Waals surface area contributed by atoms with Crippen molar-refractivity contribution in [2.75, 3.05) is 12.4 Å². The van der Waals surface area contributed by atoms with Crippen LogP contribution in [0.1, 0.15) is 11.3 Å². The highest BCUT2D eigenvalue weighted by atomic mass is 32.2. The van der Waals surface area contributed by atoms with E-state index in [9.17, 15) is 26.7 Å². The number of alkyl halides is 3. The van der Waals surface area contributed by atoms with Crippen LogP contribution in [-0.4, -0.2) is 41.8 Å². The first-order valence-electron chi connectivity index (χ1n) is 7.23. The van der Waals surface area contributed by atoms with Gasteiger partial charge in [-0.15, -0.1) is 5.10 Å². The minimum Gasteiger partial charge on any atom is -0.474 e. The first-order valence-corrected chi connectivity index (χ1v) is 9.05. The fraction of sp³-hybridized carbons (Fsp3) is 0.400. The van der Waals surface area contributed by atoms with E-state index < -0.39 is 40.2 Å². The zero-order valence-electron chi connectivity index (χ0n) is 13.3. The smallest absolute Gasteiger partial charge is 0.433 e. The Bertz CT molecular complexity index is 804. The molecule has 1 aromatic heterocycles. The van der Waals surface area contributed by atoms with Crippen molar-refractivity contribution in [2.24, 2.45) is 7.05 Å². The Labute approximate surface area is 142 Å². The molecule has 0 amide bonds. The molecule has 0 unspecified atom stereocenters. The highest BCUT2D eigenvalue weighted by molar-refractivity contribution is 7.90. The Morgan fingerprint density at radius 3 is 2.48 bits per heavy atom. The third-order valence-electron chi connectivity index (χ3n) is 3.25. The van der Waals surface area contributed by atoms with Crippen molar-refractivity contribution in [3.8, 4) is 5.88 Å². The monoisotopic (exact) mass is 378 g/mol. The minimum atomic E-state index is -4.58. The summed E-state index contributed by atoms with van der Waals surface area (Å²) in [5.74, 6) is -1.15. The molecule has 138 valence electrons. The van der Waals surface area contributed by atoms with Gasteiger partial charge in [-0.3, -0.25) is 4.68 Å². The van der Waals surface area contributed by atoms with Crippen LogP contribution in [0.2, 0.25) is 0 Å². The predicted octanol–water partition coefficient (Wildman–Crippen LogP) is 1.79. The van der Waals surface area contributed by atoms with Crippen LogP contribution in [0.4, 0.5) is 13.2 Å². The lowest BCUT2D eigenvalue weighted by Crippen LogP contribution is -2.28. The molecule has 0 aliphatic carbocycles. The van der Waals surface area contributed by atoms with Crippen LogP contribution in [0.3, 0.4) is 0 Å². The van der Waals surface area contributed by atoms with Gasteiger partial charge in [0.25, 0.3) is 0 Å². The van der Waals surface area contributed by atoms with Gasteiger partial charge in [-0.2, -0.15) is 13.2 Å². The summed E-state index contributed by atoms with van der Waals surface area (Å²) in [6, 6.07) is 9.12. The fourth-order valence-corrected chi connectivity index (χ4v) is 3.69. The fourth-order valence-electron chi connectivity index (χ4n) is 2.19. The molecule has 0 saturated carbocycles. The van der Waals surface area contributed by atoms with E-state index in [-0.39, 0.29) is 11.6 Å². The summed E-state index contributed by atoms with van der Waals surface area (Å²) in [5.41, 5.74) is -0.427. The number of aryl methyl sites for hydroxylation is 1. The largest absolute Gasteiger partial charge is 0.474 e. The Hall–Kier alpha value is -2.07. The van der Waals surface area contributed by atoms with E-state index in [4.69, 9.17) is 4.74 Å². The second-order valence-corrected chi connectivity index (χ2v) is 7.60. The summed E-state index contributed by atoms with van der Waals surface area (Å²) in [5, 5.41) is 13.3. The summed E-state index contributed by atoms with van der Waals surface area (Å²) in [7, 11) is -2.49. The van der Waals surface area contributed by atoms with Crippen LogP contribution >= 0.6 is 0 Å². The summed E-state index contributed by atoms with van der Waals surface area (Å²) < 4.78 is 67.6. The number of sulfone groups is 1. The summed E-state index contributed by atoms with van der Waals surface area (Å²) in [6.45, 7) is -0.484. The molecule has 6 nitrogen and oxygen atoms in total. The number of nitrogens with zero attached hydrogens (tertiary/aromatic N) is 2. The van der Waals surface area contributed by atoms with Crippen molar-refractivity contribution in [1.82, 2.24) is 9.78 Å². The maximum atomic E-state index is 12.6. The van der Waals surface area contributed by atoms with Crippen LogP contribution in [0.25, 0.3) is 0 Å². The Morgan fingerprint density at radius 2 is 1.92 bits per heavy atom. The van der Waals surface area contributed by atoms with E-state index in [1.165, 1.54) is 0 Å². The number of hydrogen-bond acceptors (Lipinski definition) is 5. The highest BCUT2D eigenvalue weighted by Crippen LogP contribution is 2.30. The van der Waals surface area contributed by atoms with Gasteiger partial charge in [-0.1, -0.05) is 30.3 Å². The first-order chi connectivity index (χ1) is 11.6. The van der Waals surface area contributed by atoms with E-state index >= 15 is 0 Å². The number of halogens is 3. The van der Waals surface area contributed by atoms with Crippen molar-refractivity contribution in [1.29, 1.82) is 0 Å². The molecule has 25 heavy (non-hydrogen) atoms. The third-order valence-corrected chi connectivity index (χ3v) is 4.91. The number of aliphatic hydroxyl groups is 1. The minimum absolute atomic E-state index is 0.243. The Morgan fingerprint density at radius 1 is 1.28 bits per heavy atom. The zero-order chi connectivity index (χ0) is 18.7. The predicted molar refractivity (Wildman–Crippen MR) is 83.6 cm³/mol. The molecule has 0 aliphatic rings. The molecule has 0 bridgehead atoms. The first kappa shape index (κ1) is 19.3. The molecule has 0 radical (unpaired) electrons. The summed E-state index contributed by atoms with van der Waals surface area (Å²) >= 11 is 0. The van der Waals surface area contributed by atoms with Crippen molar-refractivity contribution >= 4 is 9.84 Å². The van der Waals surface area contributed by atoms with Crippen LogP contribution in [-0.2, 0) is 28.8 Å². The molecule has 1 N–H and O–H groups in total. The highest BCUT2D eigenvalue weighted by Gasteiger charge is 2.35. The average molecular weight is 378 g/mol. The molecule has 0 fully saturated rings. The molecule has 0 saturated heterocycles. The van der Waals surface area contributed by atoms with Gasteiger partial charge >= 0.3 is 6.18 Å². The molecule has 1 heterocycles. The number of aliphatic hydroxyl groups excluding tert-OH is 1. The molecule has 0 aliphatic heterocycles. The lowest BCUT2D eigenvalue weighted by atomic mass is 10.2. The van der Waals surface area contributed by atoms with Gasteiger partial charge in [0.1, 0.15) is 18.4 Å². The Balaban J connectivity index is 1.91. The van der Waals surface area contributed by atoms with E-state index in [2.05, 4.69) is 5.10 Å². The van der Waals surface area contributed by atoms with E-state index in [0.717, 1.165) is 7.05 Å². The normalized spacial score (nSPS) is 13.6. The second-order valence-electron chi connectivity index (χ2n) is 5.49. The zero-order valence-corrected chi connectivity index (χ0v) is 14.1. The SMILES string of the molecule is Cn1nc(OC[C@@H](O)CS(=O)(=O)Cc2ccccc2)cc1C(F)(F)F. The molecular weight excluding hydrogens is 361 g/mol. The number of hydrogen-bond donors (Lipinski definition) is 1. The van der Waals surface area contributed by atoms with Gasteiger partial charge in [-0.25, -0.2) is 8.42 Å². The number of benzene rings is 1. The van der Waals surface area contributed by atoms with Crippen molar-refractivity contribution in [3.05, 3.63) is 47.7 Å². The molecule has 2 rings (SSSR count). The Kier molecular flexibility index (Phi) is 5.73. The molecule has 1 atom stereocenters. The second kappa shape index (κ2) is 7.44. The van der Waals surface area contributed by atoms with Crippen LogP contribution in [0.5, 0.6) is 5.88 Å². The quantitative estimate of drug-likeness (QED) is 0.795. The van der Waals surface area contributed by atoms with Gasteiger partial charge < -0.3 is 9.84 Å². The van der Waals surface area contributed by atoms with Gasteiger partial charge in [0.05, 0.1) is 11.5 Å². The van der Waals surface area contributed by atoms with Crippen molar-refractivity contribution < 1.29 is 31.4 Å². The molecule has 0 spiro atoms. The molecule has 1 aromatic carbocycles. The molecule has 10 heteroatoms. The van der Waals surface area contributed by atoms with Gasteiger partial charge in [-0.05, 0) is 5.56 Å². The van der Waals surface area contributed by atoms with E-state index in [1.54, 1.807) is 30.3 Å². The van der Waals surface area contributed by atoms with Crippen LogP contribution < -0.4 is 4.74 Å². The number of aromatic nitrogens is 2. The summed E-state index contributed by atoms with van der Waals surface area (Å²) in [6.07, 6.45) is -5.97. The number of rotatable bonds is 7. The van der Waals surface area contributed by atoms with Crippen molar-refractivity contribution in [3.63, 3.8) is 0 Å². The maximum Gasteiger partial charge on any atom is 0.433 e. The standard InChI is InChI=1S/C15H17F3N2O4S/c1-20-13(15(16,17)18)7-14(19-20)24-8-12(21)10-25(22,23)9-11-5-3-2-4-6-11/h2-7,12,21H,8-10H2,1H3/t12-/m1/s1. The molecular formula is C15H17F3N2O4S. The van der Waals surface area contributed by atoms with E-state index in [0.29, 0.717) is 16.3 Å². The van der Waals surface area contributed by atoms with E-state index in [1.807, 2.05) is 0 Å². The maximum absolute atomic E-state index is 12.6. The summed E-state index contributed by atoms with van der Waals surface area (Å²) in [4.78, 5) is 0. The van der Waals surface area contributed by atoms with Crippen molar-refractivity contribution in [2.45, 2.75) is 18.0 Å². The number of ether oxygens (including phenoxy) is 1. The third kappa shape index (κ3) is 5.75. The van der Waals surface area contributed by atoms with Crippen LogP contribution in [0, 0.1) is 0 Å². The molecule has 2 aromatic rings. The topological polar surface area (TPSA) is 81.4 Å². The van der Waals surface area contributed by atoms with Gasteiger partial charge in [0.15, 0.2) is 9.84 Å².